The Bertz CT molecular complexity index is 2650. The second kappa shape index (κ2) is 40.1. The molecule has 15 N–H and O–H groups in total. The van der Waals surface area contributed by atoms with Gasteiger partial charge in [0.1, 0.15) is 66.5 Å². The lowest BCUT2D eigenvalue weighted by molar-refractivity contribution is -0.143. The molecule has 12 atom stereocenters. The Morgan fingerprint density at radius 2 is 1.03 bits per heavy atom. The van der Waals surface area contributed by atoms with Crippen molar-refractivity contribution in [3.8, 4) is 0 Å². The minimum absolute atomic E-state index is 0.0368. The number of thiol groups is 6. The maximum absolute atomic E-state index is 14.2. The van der Waals surface area contributed by atoms with Gasteiger partial charge in [-0.2, -0.15) is 75.8 Å². The summed E-state index contributed by atoms with van der Waals surface area (Å²) in [6, 6.07) is -7.20. The Morgan fingerprint density at radius 1 is 0.557 bits per heavy atom. The van der Waals surface area contributed by atoms with Crippen molar-refractivity contribution in [3.05, 3.63) is 35.9 Å². The number of carboxylic acid groups (broad SMARTS) is 2. The highest BCUT2D eigenvalue weighted by atomic mass is 32.1. The summed E-state index contributed by atoms with van der Waals surface area (Å²) in [5.41, 5.74) is 6.09. The van der Waals surface area contributed by atoms with E-state index in [1.54, 1.807) is 44.2 Å². The minimum Gasteiger partial charge on any atom is -0.481 e. The van der Waals surface area contributed by atoms with Gasteiger partial charge in [-0.1, -0.05) is 50.6 Å². The summed E-state index contributed by atoms with van der Waals surface area (Å²) in [7, 11) is 0. The fourth-order valence-electron chi connectivity index (χ4n) is 8.34. The van der Waals surface area contributed by atoms with Crippen LogP contribution >= 0.6 is 75.8 Å². The zero-order valence-electron chi connectivity index (χ0n) is 48.4. The number of hydrogen-bond donors (Lipinski definition) is 20. The Labute approximate surface area is 540 Å². The van der Waals surface area contributed by atoms with Gasteiger partial charge in [-0.15, -0.1) is 0 Å². The predicted molar refractivity (Wildman–Crippen MR) is 338 cm³/mol. The van der Waals surface area contributed by atoms with Gasteiger partial charge >= 0.3 is 11.9 Å². The molecule has 2 rings (SSSR count). The zero-order chi connectivity index (χ0) is 66.4. The van der Waals surface area contributed by atoms with Crippen LogP contribution in [0.5, 0.6) is 0 Å². The highest BCUT2D eigenvalue weighted by molar-refractivity contribution is 7.81. The molecule has 1 saturated heterocycles. The number of carbonyl (C=O) groups is 15. The van der Waals surface area contributed by atoms with E-state index in [4.69, 9.17) is 5.73 Å². The van der Waals surface area contributed by atoms with E-state index < -0.39 is 193 Å². The summed E-state index contributed by atoms with van der Waals surface area (Å²) < 4.78 is 0. The molecule has 1 heterocycles. The third kappa shape index (κ3) is 26.2. The molecule has 36 heteroatoms. The third-order valence-corrected chi connectivity index (χ3v) is 15.5. The van der Waals surface area contributed by atoms with Crippen LogP contribution in [0.1, 0.15) is 71.3 Å². The minimum atomic E-state index is -1.72. The molecule has 490 valence electrons. The molecule has 88 heavy (non-hydrogen) atoms. The quantitative estimate of drug-likeness (QED) is 0.0275. The number of nitrogens with one attached hydrogen (secondary N) is 11. The molecule has 0 unspecified atom stereocenters. The van der Waals surface area contributed by atoms with Crippen LogP contribution in [0.2, 0.25) is 0 Å². The van der Waals surface area contributed by atoms with Crippen molar-refractivity contribution in [2.75, 3.05) is 47.6 Å². The van der Waals surface area contributed by atoms with Crippen LogP contribution in [0.15, 0.2) is 30.3 Å². The molecule has 0 bridgehead atoms. The Balaban J connectivity index is 2.20. The van der Waals surface area contributed by atoms with E-state index in [0.717, 1.165) is 4.90 Å². The summed E-state index contributed by atoms with van der Waals surface area (Å²) in [4.78, 5) is 198. The van der Waals surface area contributed by atoms with Gasteiger partial charge in [0.2, 0.25) is 76.8 Å². The van der Waals surface area contributed by atoms with Crippen LogP contribution in [-0.4, -0.2) is 218 Å². The first-order valence-corrected chi connectivity index (χ1v) is 31.4. The molecule has 0 saturated carbocycles. The van der Waals surface area contributed by atoms with Gasteiger partial charge in [-0.25, -0.2) is 4.79 Å². The zero-order valence-corrected chi connectivity index (χ0v) is 53.7. The van der Waals surface area contributed by atoms with Crippen molar-refractivity contribution in [1.29, 1.82) is 0 Å². The van der Waals surface area contributed by atoms with Gasteiger partial charge in [-0.05, 0) is 43.4 Å². The largest absolute Gasteiger partial charge is 0.481 e. The Kier molecular flexibility index (Phi) is 35.3. The number of hydrogen-bond acceptors (Lipinski definition) is 21. The monoisotopic (exact) mass is 1350 g/mol. The van der Waals surface area contributed by atoms with Gasteiger partial charge in [-0.3, -0.25) is 67.1 Å². The number of nitrogens with zero attached hydrogens (tertiary/aromatic N) is 1. The normalized spacial score (nSPS) is 16.4. The first-order valence-electron chi connectivity index (χ1n) is 27.6. The lowest BCUT2D eigenvalue weighted by Crippen LogP contribution is -2.62. The number of likely N-dealkylation sites (tertiary alicyclic amines) is 1. The fraction of sp³-hybridized carbons (Fsp3) is 0.596. The predicted octanol–water partition coefficient (Wildman–Crippen LogP) is -4.96. The molecule has 1 aliphatic rings. The highest BCUT2D eigenvalue weighted by Crippen LogP contribution is 2.20. The van der Waals surface area contributed by atoms with E-state index in [9.17, 15) is 82.1 Å². The summed E-state index contributed by atoms with van der Waals surface area (Å²) in [6.45, 7) is 3.83. The molecule has 0 spiro atoms. The second-order valence-corrected chi connectivity index (χ2v) is 22.4. The number of carboxylic acids is 2. The molecular weight excluding hydrogens is 1270 g/mol. The second-order valence-electron chi connectivity index (χ2n) is 20.1. The first kappa shape index (κ1) is 77.5. The average molecular weight is 1350 g/mol. The summed E-state index contributed by atoms with van der Waals surface area (Å²) >= 11 is 24.6. The van der Waals surface area contributed by atoms with Crippen molar-refractivity contribution in [2.45, 2.75) is 139 Å². The van der Waals surface area contributed by atoms with E-state index in [1.165, 1.54) is 6.92 Å². The van der Waals surface area contributed by atoms with Gasteiger partial charge < -0.3 is 79.3 Å². The van der Waals surface area contributed by atoms with Gasteiger partial charge in [0.05, 0.1) is 13.0 Å². The Morgan fingerprint density at radius 3 is 1.53 bits per heavy atom. The van der Waals surface area contributed by atoms with Crippen molar-refractivity contribution in [2.24, 2.45) is 11.7 Å². The molecule has 0 aromatic heterocycles. The van der Waals surface area contributed by atoms with Gasteiger partial charge in [0.15, 0.2) is 0 Å². The highest BCUT2D eigenvalue weighted by Gasteiger charge is 2.41. The SMILES string of the molecule is CC[C@@H](C)[C@H](NC(=O)[C@H](CCC(=O)O)NC(=O)[C@H](CS)NC(=O)CCS)C(=O)N[C@@H](CS)C(=O)N[C@@H](CS)C(=O)N[C@@H](CC(N)=O)C(=O)N1CCC[C@H]1C(=O)N[C@@H](C)C(=O)N[C@@H](CS)C(=O)N[C@@H](Cc1ccccc1)C(=O)NCC(=O)N[C@@H](CS)C(=O)O. The number of carbonyl (C=O) groups excluding carboxylic acids is 13. The van der Waals surface area contributed by atoms with Crippen LogP contribution < -0.4 is 64.2 Å². The third-order valence-electron chi connectivity index (χ3n) is 13.5. The Hall–Kier alpha value is -6.63. The lowest BCUT2D eigenvalue weighted by Gasteiger charge is -2.30. The van der Waals surface area contributed by atoms with E-state index in [1.807, 2.05) is 0 Å². The fourth-order valence-corrected chi connectivity index (χ4v) is 9.82. The van der Waals surface area contributed by atoms with Crippen molar-refractivity contribution in [3.63, 3.8) is 0 Å². The van der Waals surface area contributed by atoms with Crippen LogP contribution in [0.4, 0.5) is 0 Å². The summed E-state index contributed by atoms with van der Waals surface area (Å²) in [5.74, 6) is -16.3. The molecule has 30 nitrogen and oxygen atoms in total. The molecular formula is C52H79N13O17S6. The molecule has 0 radical (unpaired) electrons. The van der Waals surface area contributed by atoms with Crippen molar-refractivity contribution < 1.29 is 82.1 Å². The van der Waals surface area contributed by atoms with Crippen molar-refractivity contribution >= 4 is 165 Å². The number of primary amides is 1. The first-order chi connectivity index (χ1) is 41.6. The summed E-state index contributed by atoms with van der Waals surface area (Å²) in [5, 5.41) is 45.3. The van der Waals surface area contributed by atoms with Crippen LogP contribution in [-0.2, 0) is 78.3 Å². The smallest absolute Gasteiger partial charge is 0.327 e. The van der Waals surface area contributed by atoms with Crippen LogP contribution in [0.25, 0.3) is 0 Å². The van der Waals surface area contributed by atoms with E-state index in [2.05, 4.69) is 134 Å². The maximum Gasteiger partial charge on any atom is 0.327 e. The average Bonchev–Trinajstić information content (AvgIpc) is 4.22. The van der Waals surface area contributed by atoms with Gasteiger partial charge in [0, 0.05) is 54.6 Å². The van der Waals surface area contributed by atoms with Crippen molar-refractivity contribution in [1.82, 2.24) is 63.4 Å². The number of rotatable bonds is 39. The molecule has 1 aliphatic heterocycles. The summed E-state index contributed by atoms with van der Waals surface area (Å²) in [6.07, 6.45) is -1.35. The maximum atomic E-state index is 14.2. The lowest BCUT2D eigenvalue weighted by atomic mass is 9.97. The number of benzene rings is 1. The van der Waals surface area contributed by atoms with E-state index >= 15 is 0 Å². The number of aliphatic carboxylic acids is 2. The molecule has 13 amide bonds. The number of nitrogens with two attached hydrogens (primary N) is 1. The van der Waals surface area contributed by atoms with E-state index in [0.29, 0.717) is 5.56 Å². The van der Waals surface area contributed by atoms with Crippen LogP contribution in [0, 0.1) is 5.92 Å². The molecule has 1 aromatic carbocycles. The molecule has 1 aromatic rings. The van der Waals surface area contributed by atoms with E-state index in [-0.39, 0.29) is 67.4 Å². The molecule has 1 fully saturated rings. The van der Waals surface area contributed by atoms with Gasteiger partial charge in [0.25, 0.3) is 0 Å². The topological polar surface area (TPSA) is 458 Å². The van der Waals surface area contributed by atoms with Crippen LogP contribution in [0.3, 0.4) is 0 Å². The number of amides is 13. The molecule has 0 aliphatic carbocycles. The standard InChI is InChI=1S/C52H79N13O17S6/c1-4-25(2)41(64-44(73)28(12-13-40(69)70)58-45(74)31(20-84)56-38(67)14-16-83)50(79)63-34(23-87)48(77)62-33(22-86)47(76)60-30(18-37(53)66)51(80)65-15-8-11-36(65)49(78)55-26(3)42(71)61-32(21-85)46(75)59-29(17-27-9-6-5-7-10-27)43(72)54-19-39(68)57-35(24-88)52(81)82/h5-7,9-10,25-26,28-36,41,83-88H,4,8,11-24H2,1-3H3,(H2,53,66)(H,54,72)(H,55,78)(H,56,67)(H,57,68)(H,58,74)(H,59,75)(H,60,76)(H,61,71)(H,62,77)(H,63,79)(H,64,73)(H,69,70)(H,81,82)/t25-,26+,28+,29+,30+,31+,32+,33+,34+,35+,36+,41+/m1/s1.